The van der Waals surface area contributed by atoms with Crippen LogP contribution in [0.15, 0.2) is 42.7 Å². The molecule has 4 rings (SSSR count). The van der Waals surface area contributed by atoms with Crippen molar-refractivity contribution in [2.24, 2.45) is 0 Å². The fraction of sp³-hybridized carbons (Fsp3) is 0.353. The normalized spacial score (nSPS) is 18.6. The highest BCUT2D eigenvalue weighted by Crippen LogP contribution is 2.18. The van der Waals surface area contributed by atoms with Gasteiger partial charge in [0, 0.05) is 37.4 Å². The van der Waals surface area contributed by atoms with E-state index in [9.17, 15) is 0 Å². The summed E-state index contributed by atoms with van der Waals surface area (Å²) in [6.45, 7) is 5.13. The first-order chi connectivity index (χ1) is 11.3. The second-order valence-corrected chi connectivity index (χ2v) is 6.11. The molecule has 1 aliphatic heterocycles. The third-order valence-corrected chi connectivity index (χ3v) is 4.25. The summed E-state index contributed by atoms with van der Waals surface area (Å²) < 4.78 is 1.77. The molecule has 23 heavy (non-hydrogen) atoms. The summed E-state index contributed by atoms with van der Waals surface area (Å²) >= 11 is 0. The number of rotatable bonds is 4. The van der Waals surface area contributed by atoms with Crippen LogP contribution in [0.4, 0.5) is 5.82 Å². The van der Waals surface area contributed by atoms with Crippen LogP contribution in [0.25, 0.3) is 5.78 Å². The molecule has 0 radical (unpaired) electrons. The van der Waals surface area contributed by atoms with Gasteiger partial charge in [0.2, 0.25) is 0 Å². The van der Waals surface area contributed by atoms with E-state index in [1.807, 2.05) is 13.0 Å². The predicted molar refractivity (Wildman–Crippen MR) is 89.3 cm³/mol. The number of hydrogen-bond donors (Lipinski definition) is 1. The first-order valence-electron chi connectivity index (χ1n) is 7.98. The highest BCUT2D eigenvalue weighted by molar-refractivity contribution is 5.45. The van der Waals surface area contributed by atoms with Crippen molar-refractivity contribution >= 4 is 11.6 Å². The lowest BCUT2D eigenvalue weighted by Gasteiger charge is -2.18. The zero-order chi connectivity index (χ0) is 15.6. The highest BCUT2D eigenvalue weighted by Gasteiger charge is 2.23. The van der Waals surface area contributed by atoms with Gasteiger partial charge in [0.1, 0.15) is 12.1 Å². The molecule has 118 valence electrons. The van der Waals surface area contributed by atoms with Crippen molar-refractivity contribution in [3.05, 3.63) is 54.0 Å². The van der Waals surface area contributed by atoms with Crippen LogP contribution in [0.5, 0.6) is 0 Å². The van der Waals surface area contributed by atoms with E-state index in [0.717, 1.165) is 37.6 Å². The van der Waals surface area contributed by atoms with Crippen LogP contribution in [-0.4, -0.2) is 43.6 Å². The summed E-state index contributed by atoms with van der Waals surface area (Å²) in [5.74, 6) is 1.61. The van der Waals surface area contributed by atoms with Gasteiger partial charge in [-0.05, 0) is 18.9 Å². The SMILES string of the molecule is Cc1cc(NC2CCN(Cc3ccccc3)C2)n2ncnc2n1. The summed E-state index contributed by atoms with van der Waals surface area (Å²) in [6.07, 6.45) is 2.67. The smallest absolute Gasteiger partial charge is 0.254 e. The third-order valence-electron chi connectivity index (χ3n) is 4.25. The Hall–Kier alpha value is -2.47. The fourth-order valence-corrected chi connectivity index (χ4v) is 3.18. The Bertz CT molecular complexity index is 797. The molecule has 2 aromatic heterocycles. The van der Waals surface area contributed by atoms with Crippen molar-refractivity contribution in [3.8, 4) is 0 Å². The minimum Gasteiger partial charge on any atom is -0.366 e. The molecule has 3 heterocycles. The van der Waals surface area contributed by atoms with Gasteiger partial charge in [-0.15, -0.1) is 0 Å². The Kier molecular flexibility index (Phi) is 3.67. The van der Waals surface area contributed by atoms with Gasteiger partial charge in [-0.1, -0.05) is 30.3 Å². The molecule has 0 amide bonds. The highest BCUT2D eigenvalue weighted by atomic mass is 15.4. The number of fused-ring (bicyclic) bond motifs is 1. The van der Waals surface area contributed by atoms with Gasteiger partial charge in [0.25, 0.3) is 5.78 Å². The molecule has 0 aliphatic carbocycles. The number of benzene rings is 1. The van der Waals surface area contributed by atoms with Crippen molar-refractivity contribution in [1.29, 1.82) is 0 Å². The van der Waals surface area contributed by atoms with E-state index < -0.39 is 0 Å². The van der Waals surface area contributed by atoms with Gasteiger partial charge in [0.15, 0.2) is 0 Å². The Labute approximate surface area is 135 Å². The number of aryl methyl sites for hydroxylation is 1. The Morgan fingerprint density at radius 3 is 3.00 bits per heavy atom. The minimum absolute atomic E-state index is 0.424. The summed E-state index contributed by atoms with van der Waals surface area (Å²) in [5.41, 5.74) is 2.32. The Morgan fingerprint density at radius 2 is 2.13 bits per heavy atom. The van der Waals surface area contributed by atoms with E-state index in [0.29, 0.717) is 11.8 Å². The van der Waals surface area contributed by atoms with Gasteiger partial charge in [-0.2, -0.15) is 14.6 Å². The molecule has 1 unspecified atom stereocenters. The number of nitrogens with zero attached hydrogens (tertiary/aromatic N) is 5. The molecule has 1 fully saturated rings. The van der Waals surface area contributed by atoms with E-state index >= 15 is 0 Å². The fourth-order valence-electron chi connectivity index (χ4n) is 3.18. The lowest BCUT2D eigenvalue weighted by molar-refractivity contribution is 0.328. The molecule has 1 aromatic carbocycles. The lowest BCUT2D eigenvalue weighted by Crippen LogP contribution is -2.27. The van der Waals surface area contributed by atoms with Gasteiger partial charge >= 0.3 is 0 Å². The second kappa shape index (κ2) is 5.96. The van der Waals surface area contributed by atoms with Crippen molar-refractivity contribution < 1.29 is 0 Å². The Balaban J connectivity index is 1.45. The van der Waals surface area contributed by atoms with Crippen LogP contribution in [0, 0.1) is 6.92 Å². The lowest BCUT2D eigenvalue weighted by atomic mass is 10.2. The summed E-state index contributed by atoms with van der Waals surface area (Å²) in [4.78, 5) is 11.0. The second-order valence-electron chi connectivity index (χ2n) is 6.11. The molecule has 0 saturated carbocycles. The minimum atomic E-state index is 0.424. The van der Waals surface area contributed by atoms with Crippen LogP contribution >= 0.6 is 0 Å². The van der Waals surface area contributed by atoms with Crippen molar-refractivity contribution in [2.45, 2.75) is 25.9 Å². The molecule has 6 nitrogen and oxygen atoms in total. The first kappa shape index (κ1) is 14.1. The zero-order valence-electron chi connectivity index (χ0n) is 13.2. The van der Waals surface area contributed by atoms with Gasteiger partial charge in [-0.3, -0.25) is 4.90 Å². The number of likely N-dealkylation sites (tertiary alicyclic amines) is 1. The molecule has 6 heteroatoms. The summed E-state index contributed by atoms with van der Waals surface area (Å²) in [7, 11) is 0. The molecule has 1 atom stereocenters. The molecular formula is C17H20N6. The molecular weight excluding hydrogens is 288 g/mol. The number of nitrogens with one attached hydrogen (secondary N) is 1. The first-order valence-corrected chi connectivity index (χ1v) is 7.98. The van der Waals surface area contributed by atoms with E-state index in [-0.39, 0.29) is 0 Å². The maximum atomic E-state index is 4.38. The topological polar surface area (TPSA) is 58.4 Å². The molecule has 1 saturated heterocycles. The Morgan fingerprint density at radius 1 is 1.26 bits per heavy atom. The van der Waals surface area contributed by atoms with Crippen molar-refractivity contribution in [1.82, 2.24) is 24.5 Å². The zero-order valence-corrected chi connectivity index (χ0v) is 13.2. The number of aromatic nitrogens is 4. The maximum Gasteiger partial charge on any atom is 0.254 e. The number of hydrogen-bond acceptors (Lipinski definition) is 5. The van der Waals surface area contributed by atoms with E-state index in [2.05, 4.69) is 55.6 Å². The maximum absolute atomic E-state index is 4.38. The quantitative estimate of drug-likeness (QED) is 0.800. The van der Waals surface area contributed by atoms with E-state index in [4.69, 9.17) is 0 Å². The van der Waals surface area contributed by atoms with Gasteiger partial charge in [-0.25, -0.2) is 4.98 Å². The average Bonchev–Trinajstić information content (AvgIpc) is 3.17. The van der Waals surface area contributed by atoms with Crippen LogP contribution < -0.4 is 5.32 Å². The van der Waals surface area contributed by atoms with Crippen molar-refractivity contribution in [3.63, 3.8) is 0 Å². The van der Waals surface area contributed by atoms with Crippen molar-refractivity contribution in [2.75, 3.05) is 18.4 Å². The molecule has 1 aliphatic rings. The monoisotopic (exact) mass is 308 g/mol. The average molecular weight is 308 g/mol. The molecule has 3 aromatic rings. The molecule has 1 N–H and O–H groups in total. The standard InChI is InChI=1S/C17H20N6/c1-13-9-16(23-17(20-13)18-12-19-23)21-15-7-8-22(11-15)10-14-5-3-2-4-6-14/h2-6,9,12,15,21H,7-8,10-11H2,1H3. The van der Waals surface area contributed by atoms with E-state index in [1.165, 1.54) is 5.56 Å². The van der Waals surface area contributed by atoms with Crippen LogP contribution in [-0.2, 0) is 6.54 Å². The summed E-state index contributed by atoms with van der Waals surface area (Å²) in [6, 6.07) is 13.1. The molecule has 0 bridgehead atoms. The van der Waals surface area contributed by atoms with Crippen LogP contribution in [0.2, 0.25) is 0 Å². The molecule has 0 spiro atoms. The third kappa shape index (κ3) is 3.03. The van der Waals surface area contributed by atoms with E-state index in [1.54, 1.807) is 10.8 Å². The largest absolute Gasteiger partial charge is 0.366 e. The van der Waals surface area contributed by atoms with Gasteiger partial charge < -0.3 is 5.32 Å². The predicted octanol–water partition coefficient (Wildman–Crippen LogP) is 2.12. The van der Waals surface area contributed by atoms with Crippen LogP contribution in [0.1, 0.15) is 17.7 Å². The summed E-state index contributed by atoms with van der Waals surface area (Å²) in [5, 5.41) is 7.86. The van der Waals surface area contributed by atoms with Gasteiger partial charge in [0.05, 0.1) is 0 Å². The number of anilines is 1. The van der Waals surface area contributed by atoms with Crippen LogP contribution in [0.3, 0.4) is 0 Å².